The maximum Gasteiger partial charge on any atom is 0.226 e. The Hall–Kier alpha value is -1.15. The molecule has 1 fully saturated rings. The molecule has 2 heterocycles. The molecular weight excluding hydrogens is 293 g/mol. The van der Waals surface area contributed by atoms with Crippen LogP contribution in [0.2, 0.25) is 5.28 Å². The van der Waals surface area contributed by atoms with Gasteiger partial charge in [-0.2, -0.15) is 9.97 Å². The first kappa shape index (κ1) is 14.3. The molecule has 2 aromatic rings. The van der Waals surface area contributed by atoms with Gasteiger partial charge in [0.05, 0.1) is 12.4 Å². The van der Waals surface area contributed by atoms with Gasteiger partial charge >= 0.3 is 0 Å². The predicted octanol–water partition coefficient (Wildman–Crippen LogP) is 0.674. The molecule has 104 valence electrons. The van der Waals surface area contributed by atoms with Crippen LogP contribution < -0.4 is 5.73 Å². The van der Waals surface area contributed by atoms with Crippen LogP contribution in [-0.4, -0.2) is 35.8 Å². The Balaban J connectivity index is 0.00000133. The molecule has 0 saturated heterocycles. The average Bonchev–Trinajstić information content (AvgIpc) is 2.83. The van der Waals surface area contributed by atoms with Gasteiger partial charge in [0.2, 0.25) is 5.28 Å². The van der Waals surface area contributed by atoms with Gasteiger partial charge in [-0.05, 0) is 24.4 Å². The first-order valence-corrected chi connectivity index (χ1v) is 5.94. The van der Waals surface area contributed by atoms with Gasteiger partial charge in [0.15, 0.2) is 11.5 Å². The number of hydrogen-bond acceptors (Lipinski definition) is 6. The second-order valence-corrected chi connectivity index (χ2v) is 4.88. The first-order valence-electron chi connectivity index (χ1n) is 5.56. The highest BCUT2D eigenvalue weighted by molar-refractivity contribution is 6.28. The van der Waals surface area contributed by atoms with Gasteiger partial charge in [-0.25, -0.2) is 4.98 Å². The fraction of sp³-hybridized carbons (Fsp3) is 0.500. The molecule has 0 spiro atoms. The summed E-state index contributed by atoms with van der Waals surface area (Å²) in [5.41, 5.74) is 5.28. The zero-order valence-electron chi connectivity index (χ0n) is 9.82. The summed E-state index contributed by atoms with van der Waals surface area (Å²) in [7, 11) is 0. The van der Waals surface area contributed by atoms with Crippen molar-refractivity contribution in [1.29, 1.82) is 0 Å². The van der Waals surface area contributed by atoms with Gasteiger partial charge in [0, 0.05) is 6.42 Å². The van der Waals surface area contributed by atoms with Gasteiger partial charge in [-0.1, -0.05) is 0 Å². The normalized spacial score (nSPS) is 26.6. The Morgan fingerprint density at radius 1 is 1.47 bits per heavy atom. The van der Waals surface area contributed by atoms with Crippen molar-refractivity contribution in [1.82, 2.24) is 19.5 Å². The fourth-order valence-electron chi connectivity index (χ4n) is 2.40. The quantitative estimate of drug-likeness (QED) is 0.668. The topological polar surface area (TPSA) is 110 Å². The summed E-state index contributed by atoms with van der Waals surface area (Å²) in [6.07, 6.45) is 2.12. The van der Waals surface area contributed by atoms with Crippen molar-refractivity contribution in [3.63, 3.8) is 0 Å². The van der Waals surface area contributed by atoms with Crippen molar-refractivity contribution in [2.75, 3.05) is 5.73 Å². The number of aromatic nitrogens is 4. The molecule has 1 saturated carbocycles. The van der Waals surface area contributed by atoms with Gasteiger partial charge in [-0.15, -0.1) is 12.4 Å². The zero-order chi connectivity index (χ0) is 12.9. The average molecular weight is 306 g/mol. The SMILES string of the molecule is Cl.Nc1nc(Cl)nc2c1ncn2C1(O)CCC(O)C1. The highest BCUT2D eigenvalue weighted by Crippen LogP contribution is 2.36. The lowest BCUT2D eigenvalue weighted by Gasteiger charge is -2.24. The number of anilines is 1. The van der Waals surface area contributed by atoms with Gasteiger partial charge in [0.25, 0.3) is 0 Å². The van der Waals surface area contributed by atoms with Crippen molar-refractivity contribution in [3.05, 3.63) is 11.6 Å². The number of nitrogens with two attached hydrogens (primary N) is 1. The van der Waals surface area contributed by atoms with E-state index in [-0.39, 0.29) is 29.9 Å². The number of hydrogen-bond donors (Lipinski definition) is 3. The minimum atomic E-state index is -1.20. The van der Waals surface area contributed by atoms with E-state index in [1.165, 1.54) is 10.9 Å². The number of nitrogens with zero attached hydrogens (tertiary/aromatic N) is 4. The van der Waals surface area contributed by atoms with Gasteiger partial charge < -0.3 is 15.9 Å². The van der Waals surface area contributed by atoms with E-state index >= 15 is 0 Å². The summed E-state index contributed by atoms with van der Waals surface area (Å²) >= 11 is 5.76. The lowest BCUT2D eigenvalue weighted by atomic mass is 10.2. The minimum Gasteiger partial charge on any atom is -0.393 e. The molecule has 2 unspecified atom stereocenters. The molecule has 9 heteroatoms. The molecule has 1 aliphatic rings. The van der Waals surface area contributed by atoms with Crippen molar-refractivity contribution in [3.8, 4) is 0 Å². The monoisotopic (exact) mass is 305 g/mol. The zero-order valence-corrected chi connectivity index (χ0v) is 11.4. The second-order valence-electron chi connectivity index (χ2n) is 4.54. The van der Waals surface area contributed by atoms with Crippen molar-refractivity contribution >= 4 is 41.0 Å². The van der Waals surface area contributed by atoms with Crippen LogP contribution in [0.3, 0.4) is 0 Å². The van der Waals surface area contributed by atoms with E-state index in [9.17, 15) is 10.2 Å². The number of nitrogen functional groups attached to an aromatic ring is 1. The van der Waals surface area contributed by atoms with Crippen LogP contribution in [0, 0.1) is 0 Å². The summed E-state index contributed by atoms with van der Waals surface area (Å²) in [5, 5.41) is 20.1. The van der Waals surface area contributed by atoms with Crippen molar-refractivity contribution < 1.29 is 10.2 Å². The first-order chi connectivity index (χ1) is 8.49. The third-order valence-corrected chi connectivity index (χ3v) is 3.45. The maximum absolute atomic E-state index is 10.5. The number of rotatable bonds is 1. The number of fused-ring (bicyclic) bond motifs is 1. The maximum atomic E-state index is 10.5. The van der Waals surface area contributed by atoms with Crippen LogP contribution in [-0.2, 0) is 5.72 Å². The molecule has 0 bridgehead atoms. The van der Waals surface area contributed by atoms with Gasteiger partial charge in [0.1, 0.15) is 11.2 Å². The smallest absolute Gasteiger partial charge is 0.226 e. The van der Waals surface area contributed by atoms with Crippen molar-refractivity contribution in [2.45, 2.75) is 31.1 Å². The highest BCUT2D eigenvalue weighted by Gasteiger charge is 2.39. The lowest BCUT2D eigenvalue weighted by Crippen LogP contribution is -2.30. The van der Waals surface area contributed by atoms with Crippen molar-refractivity contribution in [2.24, 2.45) is 0 Å². The molecule has 0 aliphatic heterocycles. The van der Waals surface area contributed by atoms with Gasteiger partial charge in [-0.3, -0.25) is 4.57 Å². The lowest BCUT2D eigenvalue weighted by molar-refractivity contribution is -0.0374. The molecule has 2 aromatic heterocycles. The highest BCUT2D eigenvalue weighted by atomic mass is 35.5. The summed E-state index contributed by atoms with van der Waals surface area (Å²) in [6.45, 7) is 0. The molecule has 0 radical (unpaired) electrons. The van der Waals surface area contributed by atoms with E-state index < -0.39 is 11.8 Å². The van der Waals surface area contributed by atoms with E-state index in [2.05, 4.69) is 15.0 Å². The largest absolute Gasteiger partial charge is 0.393 e. The summed E-state index contributed by atoms with van der Waals surface area (Å²) in [6, 6.07) is 0. The molecule has 4 N–H and O–H groups in total. The molecule has 0 aromatic carbocycles. The molecule has 19 heavy (non-hydrogen) atoms. The van der Waals surface area contributed by atoms with Crippen LogP contribution >= 0.6 is 24.0 Å². The van der Waals surface area contributed by atoms with E-state index in [4.69, 9.17) is 17.3 Å². The third kappa shape index (κ3) is 2.23. The molecule has 3 rings (SSSR count). The third-order valence-electron chi connectivity index (χ3n) is 3.28. The van der Waals surface area contributed by atoms with Crippen LogP contribution in [0.4, 0.5) is 5.82 Å². The Kier molecular flexibility index (Phi) is 3.57. The minimum absolute atomic E-state index is 0. The van der Waals surface area contributed by atoms with Crippen LogP contribution in [0.5, 0.6) is 0 Å². The molecule has 1 aliphatic carbocycles. The second kappa shape index (κ2) is 4.75. The van der Waals surface area contributed by atoms with E-state index in [0.717, 1.165) is 0 Å². The van der Waals surface area contributed by atoms with E-state index in [1.807, 2.05) is 0 Å². The van der Waals surface area contributed by atoms with E-state index in [0.29, 0.717) is 24.0 Å². The summed E-state index contributed by atoms with van der Waals surface area (Å²) in [4.78, 5) is 11.9. The Morgan fingerprint density at radius 3 is 2.84 bits per heavy atom. The standard InChI is InChI=1S/C10H12ClN5O2.ClH/c11-9-14-7(12)6-8(15-9)16(4-13-6)10(18)2-1-5(17)3-10;/h4-5,17-18H,1-3H2,(H2,12,14,15);1H. The number of aliphatic hydroxyl groups excluding tert-OH is 1. The Labute approximate surface area is 119 Å². The van der Waals surface area contributed by atoms with E-state index in [1.54, 1.807) is 0 Å². The molecule has 0 amide bonds. The van der Waals surface area contributed by atoms with Crippen LogP contribution in [0.15, 0.2) is 6.33 Å². The molecular formula is C10H13Cl2N5O2. The predicted molar refractivity (Wildman–Crippen MR) is 72.0 cm³/mol. The van der Waals surface area contributed by atoms with Crippen LogP contribution in [0.25, 0.3) is 11.2 Å². The molecule has 2 atom stereocenters. The number of imidazole rings is 1. The van der Waals surface area contributed by atoms with Crippen LogP contribution in [0.1, 0.15) is 19.3 Å². The summed E-state index contributed by atoms with van der Waals surface area (Å²) < 4.78 is 1.50. The number of halogens is 2. The Morgan fingerprint density at radius 2 is 2.21 bits per heavy atom. The summed E-state index contributed by atoms with van der Waals surface area (Å²) in [5.74, 6) is 0.172. The number of aliphatic hydroxyl groups is 2. The molecule has 7 nitrogen and oxygen atoms in total. The Bertz CT molecular complexity index is 619. The fourth-order valence-corrected chi connectivity index (χ4v) is 2.57.